The monoisotopic (exact) mass is 532 g/mol. The van der Waals surface area contributed by atoms with E-state index in [0.29, 0.717) is 18.5 Å². The second kappa shape index (κ2) is 10.9. The highest BCUT2D eigenvalue weighted by molar-refractivity contribution is 5.84. The highest BCUT2D eigenvalue weighted by Crippen LogP contribution is 2.28. The smallest absolute Gasteiger partial charge is 0.363 e. The second-order valence-corrected chi connectivity index (χ2v) is 9.93. The van der Waals surface area contributed by atoms with Crippen LogP contribution in [-0.4, -0.2) is 56.6 Å². The lowest BCUT2D eigenvalue weighted by Gasteiger charge is -2.38. The number of hydrogen-bond donors (Lipinski definition) is 3. The summed E-state index contributed by atoms with van der Waals surface area (Å²) in [6.45, 7) is 5.51. The molecule has 2 amide bonds. The zero-order valence-corrected chi connectivity index (χ0v) is 21.5. The number of aromatic amines is 1. The third-order valence-electron chi connectivity index (χ3n) is 6.98. The molecule has 1 aliphatic heterocycles. The van der Waals surface area contributed by atoms with E-state index in [9.17, 15) is 27.6 Å². The number of anilines is 1. The van der Waals surface area contributed by atoms with Crippen molar-refractivity contribution in [1.29, 1.82) is 0 Å². The summed E-state index contributed by atoms with van der Waals surface area (Å²) in [5, 5.41) is 6.70. The van der Waals surface area contributed by atoms with Crippen molar-refractivity contribution in [2.24, 2.45) is 5.92 Å². The Balaban J connectivity index is 1.41. The number of fused-ring (bicyclic) bond motifs is 1. The van der Waals surface area contributed by atoms with Crippen LogP contribution in [0.25, 0.3) is 10.9 Å². The Morgan fingerprint density at radius 2 is 2.00 bits per heavy atom. The average molecular weight is 533 g/mol. The number of benzene rings is 1. The number of nitrogens with one attached hydrogen (secondary N) is 3. The summed E-state index contributed by atoms with van der Waals surface area (Å²) < 4.78 is 40.5. The minimum absolute atomic E-state index is 0.00578. The fraction of sp³-hybridized carbons (Fsp3) is 0.462. The third kappa shape index (κ3) is 6.00. The second-order valence-electron chi connectivity index (χ2n) is 9.93. The van der Waals surface area contributed by atoms with Gasteiger partial charge in [0.1, 0.15) is 6.54 Å². The number of carbonyl (C=O) groups is 2. The Morgan fingerprint density at radius 3 is 2.74 bits per heavy atom. The highest BCUT2D eigenvalue weighted by atomic mass is 19.4. The lowest BCUT2D eigenvalue weighted by molar-refractivity contribution is -0.189. The summed E-state index contributed by atoms with van der Waals surface area (Å²) in [5.74, 6) is -2.21. The van der Waals surface area contributed by atoms with Crippen molar-refractivity contribution in [2.75, 3.05) is 18.4 Å². The topological polar surface area (TPSA) is 112 Å². The fourth-order valence-corrected chi connectivity index (χ4v) is 4.80. The molecule has 38 heavy (non-hydrogen) atoms. The fourth-order valence-electron chi connectivity index (χ4n) is 4.80. The molecule has 1 aromatic carbocycles. The van der Waals surface area contributed by atoms with Crippen LogP contribution in [0, 0.1) is 19.8 Å². The summed E-state index contributed by atoms with van der Waals surface area (Å²) in [6, 6.07) is 5.10. The van der Waals surface area contributed by atoms with Crippen LogP contribution < -0.4 is 16.2 Å². The number of piperidine rings is 1. The lowest BCUT2D eigenvalue weighted by Crippen LogP contribution is -2.53. The summed E-state index contributed by atoms with van der Waals surface area (Å²) in [6.07, 6.45) is -0.792. The molecule has 1 aliphatic rings. The van der Waals surface area contributed by atoms with Gasteiger partial charge in [0.2, 0.25) is 5.91 Å². The van der Waals surface area contributed by atoms with Gasteiger partial charge in [0.05, 0.1) is 0 Å². The maximum absolute atomic E-state index is 13.1. The minimum Gasteiger partial charge on any atom is -0.363 e. The molecule has 2 atom stereocenters. The van der Waals surface area contributed by atoms with Crippen molar-refractivity contribution in [3.05, 3.63) is 57.8 Å². The summed E-state index contributed by atoms with van der Waals surface area (Å²) in [5.41, 5.74) is 2.91. The molecular formula is C26H31F3N6O3. The SMILES string of the molecule is Cc1c[nH]c2ccc(CNC(=O)Cn3c(C)cnc(NC[C@H]4CC(C)CCN4C(=O)C(F)(F)F)c3=O)cc12. The van der Waals surface area contributed by atoms with E-state index >= 15 is 0 Å². The molecule has 204 valence electrons. The van der Waals surface area contributed by atoms with Crippen LogP contribution in [0.3, 0.4) is 0 Å². The molecule has 3 N–H and O–H groups in total. The molecule has 1 fully saturated rings. The van der Waals surface area contributed by atoms with E-state index in [0.717, 1.165) is 26.9 Å². The van der Waals surface area contributed by atoms with Crippen molar-refractivity contribution < 1.29 is 22.8 Å². The van der Waals surface area contributed by atoms with Gasteiger partial charge in [0.25, 0.3) is 5.56 Å². The number of rotatable bonds is 7. The molecule has 3 aromatic rings. The highest BCUT2D eigenvalue weighted by Gasteiger charge is 2.45. The van der Waals surface area contributed by atoms with E-state index in [4.69, 9.17) is 0 Å². The molecule has 4 rings (SSSR count). The number of halogens is 3. The van der Waals surface area contributed by atoms with E-state index in [1.54, 1.807) is 6.92 Å². The molecule has 2 aromatic heterocycles. The van der Waals surface area contributed by atoms with Gasteiger partial charge in [0, 0.05) is 54.7 Å². The standard InChI is InChI=1S/C26H31F3N6O3/c1-15-6-7-34(25(38)26(27,28)29)19(8-15)13-33-23-24(37)35(17(3)11-32-23)14-22(36)31-12-18-4-5-21-20(9-18)16(2)10-30-21/h4-5,9-11,15,19,30H,6-8,12-14H2,1-3H3,(H,31,36)(H,32,33)/t15?,19-/m1/s1. The Labute approximate surface area is 217 Å². The first-order valence-electron chi connectivity index (χ1n) is 12.5. The van der Waals surface area contributed by atoms with Gasteiger partial charge < -0.3 is 20.5 Å². The first-order chi connectivity index (χ1) is 17.9. The molecular weight excluding hydrogens is 501 g/mol. The van der Waals surface area contributed by atoms with Crippen LogP contribution in [0.1, 0.15) is 36.6 Å². The molecule has 0 bridgehead atoms. The maximum Gasteiger partial charge on any atom is 0.471 e. The van der Waals surface area contributed by atoms with Crippen LogP contribution >= 0.6 is 0 Å². The summed E-state index contributed by atoms with van der Waals surface area (Å²) >= 11 is 0. The normalized spacial score (nSPS) is 18.0. The van der Waals surface area contributed by atoms with Gasteiger partial charge in [-0.2, -0.15) is 13.2 Å². The number of hydrogen-bond acceptors (Lipinski definition) is 5. The van der Waals surface area contributed by atoms with E-state index < -0.39 is 23.7 Å². The lowest BCUT2D eigenvalue weighted by atomic mass is 9.92. The number of aromatic nitrogens is 3. The van der Waals surface area contributed by atoms with Crippen molar-refractivity contribution in [3.63, 3.8) is 0 Å². The third-order valence-corrected chi connectivity index (χ3v) is 6.98. The van der Waals surface area contributed by atoms with E-state index in [1.165, 1.54) is 10.8 Å². The van der Waals surface area contributed by atoms with Crippen LogP contribution in [0.2, 0.25) is 0 Å². The Bertz CT molecular complexity index is 1400. The largest absolute Gasteiger partial charge is 0.471 e. The van der Waals surface area contributed by atoms with Crippen molar-refractivity contribution in [3.8, 4) is 0 Å². The molecule has 1 unspecified atom stereocenters. The first kappa shape index (κ1) is 27.2. The van der Waals surface area contributed by atoms with Crippen molar-refractivity contribution in [1.82, 2.24) is 24.8 Å². The predicted octanol–water partition coefficient (Wildman–Crippen LogP) is 3.26. The number of alkyl halides is 3. The van der Waals surface area contributed by atoms with Crippen LogP contribution in [0.15, 0.2) is 35.4 Å². The van der Waals surface area contributed by atoms with Crippen LogP contribution in [0.4, 0.5) is 19.0 Å². The number of amides is 2. The minimum atomic E-state index is -4.97. The number of nitrogens with zero attached hydrogens (tertiary/aromatic N) is 3. The molecule has 0 radical (unpaired) electrons. The van der Waals surface area contributed by atoms with Crippen LogP contribution in [-0.2, 0) is 22.7 Å². The predicted molar refractivity (Wildman–Crippen MR) is 137 cm³/mol. The molecule has 0 spiro atoms. The number of carbonyl (C=O) groups excluding carboxylic acids is 2. The summed E-state index contributed by atoms with van der Waals surface area (Å²) in [4.78, 5) is 45.7. The van der Waals surface area contributed by atoms with Crippen molar-refractivity contribution >= 4 is 28.5 Å². The molecule has 3 heterocycles. The van der Waals surface area contributed by atoms with Gasteiger partial charge >= 0.3 is 12.1 Å². The average Bonchev–Trinajstić information content (AvgIpc) is 3.24. The zero-order chi connectivity index (χ0) is 27.6. The van der Waals surface area contributed by atoms with Gasteiger partial charge in [-0.3, -0.25) is 19.0 Å². The quantitative estimate of drug-likeness (QED) is 0.433. The van der Waals surface area contributed by atoms with Crippen molar-refractivity contribution in [2.45, 2.75) is 58.9 Å². The Hall–Kier alpha value is -3.83. The maximum atomic E-state index is 13.1. The number of likely N-dealkylation sites (tertiary alicyclic amines) is 1. The van der Waals surface area contributed by atoms with Gasteiger partial charge in [-0.15, -0.1) is 0 Å². The van der Waals surface area contributed by atoms with E-state index in [2.05, 4.69) is 20.6 Å². The Kier molecular flexibility index (Phi) is 7.79. The van der Waals surface area contributed by atoms with Crippen LogP contribution in [0.5, 0.6) is 0 Å². The van der Waals surface area contributed by atoms with Gasteiger partial charge in [-0.1, -0.05) is 13.0 Å². The molecule has 12 heteroatoms. The van der Waals surface area contributed by atoms with Gasteiger partial charge in [0.15, 0.2) is 5.82 Å². The van der Waals surface area contributed by atoms with E-state index in [1.807, 2.05) is 38.2 Å². The molecule has 1 saturated heterocycles. The molecule has 0 saturated carbocycles. The first-order valence-corrected chi connectivity index (χ1v) is 12.5. The molecule has 0 aliphatic carbocycles. The van der Waals surface area contributed by atoms with Gasteiger partial charge in [-0.05, 0) is 55.9 Å². The molecule has 9 nitrogen and oxygen atoms in total. The number of H-pyrrole nitrogens is 1. The van der Waals surface area contributed by atoms with Gasteiger partial charge in [-0.25, -0.2) is 4.98 Å². The summed E-state index contributed by atoms with van der Waals surface area (Å²) in [7, 11) is 0. The number of aryl methyl sites for hydroxylation is 2. The zero-order valence-electron chi connectivity index (χ0n) is 21.5. The Morgan fingerprint density at radius 1 is 1.24 bits per heavy atom. The van der Waals surface area contributed by atoms with E-state index in [-0.39, 0.29) is 43.8 Å².